The van der Waals surface area contributed by atoms with Gasteiger partial charge in [-0.1, -0.05) is 58.4 Å². The van der Waals surface area contributed by atoms with E-state index in [4.69, 9.17) is 75.3 Å². The van der Waals surface area contributed by atoms with Crippen molar-refractivity contribution in [2.45, 2.75) is 97.0 Å². The van der Waals surface area contributed by atoms with Crippen LogP contribution in [0.3, 0.4) is 0 Å². The molecule has 1 aliphatic rings. The lowest BCUT2D eigenvalue weighted by Crippen LogP contribution is -2.52. The summed E-state index contributed by atoms with van der Waals surface area (Å²) in [6.45, 7) is 5.87. The Balaban J connectivity index is 0.000000511. The van der Waals surface area contributed by atoms with E-state index in [1.165, 1.54) is 44.9 Å². The second-order valence-electron chi connectivity index (χ2n) is 6.86. The van der Waals surface area contributed by atoms with Crippen LogP contribution in [0.2, 0.25) is 0 Å². The van der Waals surface area contributed by atoms with Gasteiger partial charge in [-0.25, -0.2) is 0 Å². The van der Waals surface area contributed by atoms with Gasteiger partial charge in [0.15, 0.2) is 0 Å². The average Bonchev–Trinajstić information content (AvgIpc) is 2.65. The summed E-state index contributed by atoms with van der Waals surface area (Å²) in [6, 6.07) is 0. The molecule has 0 atom stereocenters. The van der Waals surface area contributed by atoms with Gasteiger partial charge in [-0.15, -0.1) is 69.6 Å². The first-order chi connectivity index (χ1) is 12.6. The van der Waals surface area contributed by atoms with Crippen LogP contribution in [0.25, 0.3) is 0 Å². The predicted molar refractivity (Wildman–Crippen MR) is 123 cm³/mol. The molecule has 0 spiro atoms. The highest BCUT2D eigenvalue weighted by molar-refractivity contribution is 6.45. The van der Waals surface area contributed by atoms with E-state index in [1.807, 2.05) is 0 Å². The van der Waals surface area contributed by atoms with Gasteiger partial charge in [0.25, 0.3) is 0 Å². The number of halogens is 6. The third-order valence-corrected chi connectivity index (χ3v) is 8.54. The molecule has 160 valence electrons. The van der Waals surface area contributed by atoms with E-state index in [2.05, 4.69) is 13.5 Å². The lowest BCUT2D eigenvalue weighted by Gasteiger charge is -2.37. The van der Waals surface area contributed by atoms with E-state index in [9.17, 15) is 4.79 Å². The fourth-order valence-corrected chi connectivity index (χ4v) is 4.98. The Kier molecular flexibility index (Phi) is 16.3. The molecule has 1 fully saturated rings. The van der Waals surface area contributed by atoms with Gasteiger partial charge in [-0.3, -0.25) is 4.79 Å². The molecule has 0 aromatic rings. The number of amides is 1. The number of primary amides is 1. The average molecular weight is 502 g/mol. The summed E-state index contributed by atoms with van der Waals surface area (Å²) in [5.41, 5.74) is 5.66. The molecule has 8 heteroatoms. The quantitative estimate of drug-likeness (QED) is 0.192. The van der Waals surface area contributed by atoms with E-state index < -0.39 is 32.3 Å². The molecule has 27 heavy (non-hydrogen) atoms. The summed E-state index contributed by atoms with van der Waals surface area (Å²) in [5.74, 6) is -0.349. The van der Waals surface area contributed by atoms with Crippen LogP contribution in [0, 0.1) is 0 Å². The van der Waals surface area contributed by atoms with Crippen molar-refractivity contribution in [3.05, 3.63) is 12.2 Å². The third-order valence-electron chi connectivity index (χ3n) is 4.51. The maximum atomic E-state index is 10.7. The Bertz CT molecular complexity index is 378. The second kappa shape index (κ2) is 15.7. The topological polar surface area (TPSA) is 43.1 Å². The van der Waals surface area contributed by atoms with Crippen molar-refractivity contribution >= 4 is 75.5 Å². The third kappa shape index (κ3) is 11.1. The molecule has 0 aromatic carbocycles. The SMILES string of the molecule is C=C(CCCCCCCCCC)C(N)=O.Cl[C@H]1[C@H](Cl)[C@@H](Cl)[C@@H](Cl)[C@H](Cl)[C@H]1Cl. The monoisotopic (exact) mass is 499 g/mol. The lowest BCUT2D eigenvalue weighted by atomic mass is 9.97. The number of carbonyl (C=O) groups excluding carboxylic acids is 1. The minimum absolute atomic E-state index is 0.349. The molecule has 0 radical (unpaired) electrons. The van der Waals surface area contributed by atoms with Gasteiger partial charge in [-0.05, 0) is 12.8 Å². The fraction of sp³-hybridized carbons (Fsp3) is 0.842. The number of nitrogens with two attached hydrogens (primary N) is 1. The number of unbranched alkanes of at least 4 members (excludes halogenated alkanes) is 7. The molecule has 2 nitrogen and oxygen atoms in total. The van der Waals surface area contributed by atoms with Crippen LogP contribution in [0.1, 0.15) is 64.7 Å². The Hall–Kier alpha value is 0.950. The number of hydrogen-bond donors (Lipinski definition) is 1. The molecule has 0 saturated heterocycles. The highest BCUT2D eigenvalue weighted by Crippen LogP contribution is 2.39. The first kappa shape index (κ1) is 27.9. The lowest BCUT2D eigenvalue weighted by molar-refractivity contribution is -0.114. The van der Waals surface area contributed by atoms with Crippen LogP contribution >= 0.6 is 69.6 Å². The van der Waals surface area contributed by atoms with Crippen molar-refractivity contribution in [2.24, 2.45) is 5.73 Å². The maximum absolute atomic E-state index is 10.7. The summed E-state index contributed by atoms with van der Waals surface area (Å²) in [7, 11) is 0. The second-order valence-corrected chi connectivity index (χ2v) is 9.88. The fourth-order valence-electron chi connectivity index (χ4n) is 2.65. The van der Waals surface area contributed by atoms with Gasteiger partial charge in [0.1, 0.15) is 0 Å². The number of alkyl halides is 6. The molecule has 0 aliphatic heterocycles. The van der Waals surface area contributed by atoms with E-state index in [1.54, 1.807) is 0 Å². The Morgan fingerprint density at radius 3 is 1.30 bits per heavy atom. The zero-order chi connectivity index (χ0) is 21.0. The van der Waals surface area contributed by atoms with Gasteiger partial charge < -0.3 is 5.73 Å². The predicted octanol–water partition coefficient (Wildman–Crippen LogP) is 7.20. The Labute approximate surface area is 194 Å². The first-order valence-electron chi connectivity index (χ1n) is 9.47. The molecule has 1 aliphatic carbocycles. The summed E-state index contributed by atoms with van der Waals surface area (Å²) in [6.07, 6.45) is 11.0. The molecule has 1 saturated carbocycles. The van der Waals surface area contributed by atoms with E-state index in [0.29, 0.717) is 5.57 Å². The van der Waals surface area contributed by atoms with E-state index >= 15 is 0 Å². The number of hydrogen-bond acceptors (Lipinski definition) is 1. The number of rotatable bonds is 10. The molecule has 0 bridgehead atoms. The smallest absolute Gasteiger partial charge is 0.244 e. The van der Waals surface area contributed by atoms with Crippen molar-refractivity contribution in [1.29, 1.82) is 0 Å². The van der Waals surface area contributed by atoms with Crippen molar-refractivity contribution in [2.75, 3.05) is 0 Å². The highest BCUT2D eigenvalue weighted by atomic mass is 35.5. The Morgan fingerprint density at radius 2 is 1.00 bits per heavy atom. The molecule has 0 aromatic heterocycles. The summed E-state index contributed by atoms with van der Waals surface area (Å²) < 4.78 is 0. The van der Waals surface area contributed by atoms with E-state index in [0.717, 1.165) is 12.8 Å². The summed E-state index contributed by atoms with van der Waals surface area (Å²) in [5, 5.41) is -2.62. The zero-order valence-corrected chi connectivity index (χ0v) is 20.3. The van der Waals surface area contributed by atoms with Gasteiger partial charge in [0.05, 0.1) is 32.3 Å². The van der Waals surface area contributed by atoms with Crippen molar-refractivity contribution < 1.29 is 4.79 Å². The molecule has 0 unspecified atom stereocenters. The van der Waals surface area contributed by atoms with Crippen LogP contribution < -0.4 is 5.73 Å². The van der Waals surface area contributed by atoms with Gasteiger partial charge in [0.2, 0.25) is 5.91 Å². The summed E-state index contributed by atoms with van der Waals surface area (Å²) in [4.78, 5) is 10.7. The van der Waals surface area contributed by atoms with Crippen LogP contribution in [0.5, 0.6) is 0 Å². The van der Waals surface area contributed by atoms with Crippen molar-refractivity contribution in [3.8, 4) is 0 Å². The van der Waals surface area contributed by atoms with Gasteiger partial charge in [0, 0.05) is 5.57 Å². The minimum atomic E-state index is -0.437. The number of carbonyl (C=O) groups is 1. The van der Waals surface area contributed by atoms with Crippen LogP contribution in [-0.4, -0.2) is 38.2 Å². The van der Waals surface area contributed by atoms with E-state index in [-0.39, 0.29) is 5.91 Å². The van der Waals surface area contributed by atoms with Crippen LogP contribution in [0.15, 0.2) is 12.2 Å². The van der Waals surface area contributed by atoms with Crippen molar-refractivity contribution in [1.82, 2.24) is 0 Å². The zero-order valence-electron chi connectivity index (χ0n) is 15.8. The molecule has 2 N–H and O–H groups in total. The highest BCUT2D eigenvalue weighted by Gasteiger charge is 2.46. The Morgan fingerprint density at radius 1 is 0.704 bits per heavy atom. The standard InChI is InChI=1S/C13H25NO.C6H6Cl6/c1-3-4-5-6-7-8-9-10-11-12(2)13(14)15;7-1-2(8)4(10)6(12)5(11)3(1)9/h2-11H2,1H3,(H2,14,15);1-6H/t;1-,2-,3-,4+,5+,6+. The maximum Gasteiger partial charge on any atom is 0.244 e. The molecule has 1 amide bonds. The molecule has 1 rings (SSSR count). The molecular weight excluding hydrogens is 471 g/mol. The normalized spacial score (nSPS) is 30.3. The molecule has 0 heterocycles. The molecular formula is C19H31Cl6NO. The van der Waals surface area contributed by atoms with Crippen LogP contribution in [-0.2, 0) is 4.79 Å². The van der Waals surface area contributed by atoms with Gasteiger partial charge in [-0.2, -0.15) is 0 Å². The van der Waals surface area contributed by atoms with Crippen molar-refractivity contribution in [3.63, 3.8) is 0 Å². The first-order valence-corrected chi connectivity index (χ1v) is 12.1. The largest absolute Gasteiger partial charge is 0.366 e. The van der Waals surface area contributed by atoms with Gasteiger partial charge >= 0.3 is 0 Å². The summed E-state index contributed by atoms with van der Waals surface area (Å²) >= 11 is 35.3. The minimum Gasteiger partial charge on any atom is -0.366 e. The van der Waals surface area contributed by atoms with Crippen LogP contribution in [0.4, 0.5) is 0 Å².